The molecule has 104 valence electrons. The van der Waals surface area contributed by atoms with Crippen LogP contribution in [-0.4, -0.2) is 42.4 Å². The summed E-state index contributed by atoms with van der Waals surface area (Å²) in [5.74, 6) is -1.50. The van der Waals surface area contributed by atoms with E-state index in [-0.39, 0.29) is 16.9 Å². The Morgan fingerprint density at radius 2 is 1.89 bits per heavy atom. The predicted octanol–water partition coefficient (Wildman–Crippen LogP) is -0.639. The van der Waals surface area contributed by atoms with Gasteiger partial charge in [0.25, 0.3) is 0 Å². The van der Waals surface area contributed by atoms with Crippen LogP contribution in [-0.2, 0) is 9.53 Å². The third-order valence-corrected chi connectivity index (χ3v) is 2.56. The highest BCUT2D eigenvalue weighted by Gasteiger charge is 2.27. The minimum absolute atomic E-state index is 0.0664. The van der Waals surface area contributed by atoms with Crippen molar-refractivity contribution in [3.63, 3.8) is 0 Å². The molecule has 0 aliphatic heterocycles. The van der Waals surface area contributed by atoms with Gasteiger partial charge in [-0.1, -0.05) is 0 Å². The van der Waals surface area contributed by atoms with Crippen LogP contribution in [0, 0.1) is 0 Å². The predicted molar refractivity (Wildman–Crippen MR) is 64.5 cm³/mol. The van der Waals surface area contributed by atoms with Gasteiger partial charge in [-0.2, -0.15) is 0 Å². The number of methoxy groups -OCH3 is 2. The highest BCUT2D eigenvalue weighted by molar-refractivity contribution is 5.90. The first-order valence-electron chi connectivity index (χ1n) is 5.34. The average molecular weight is 269 g/mol. The Balaban J connectivity index is 3.22. The van der Waals surface area contributed by atoms with Crippen molar-refractivity contribution in [2.45, 2.75) is 12.2 Å². The smallest absolute Gasteiger partial charge is 0.337 e. The van der Waals surface area contributed by atoms with E-state index in [1.165, 1.54) is 32.4 Å². The topological polar surface area (TPSA) is 119 Å². The molecule has 2 unspecified atom stereocenters. The Hall–Kier alpha value is -2.12. The van der Waals surface area contributed by atoms with Gasteiger partial charge in [-0.3, -0.25) is 4.79 Å². The number of hydrogen-bond acceptors (Lipinski definition) is 6. The van der Waals surface area contributed by atoms with Gasteiger partial charge in [-0.15, -0.1) is 0 Å². The fourth-order valence-electron chi connectivity index (χ4n) is 1.54. The molecule has 1 aromatic rings. The molecule has 0 bridgehead atoms. The second kappa shape index (κ2) is 6.17. The van der Waals surface area contributed by atoms with E-state index in [9.17, 15) is 19.8 Å². The summed E-state index contributed by atoms with van der Waals surface area (Å²) in [5.41, 5.74) is 5.12. The number of hydrogen-bond donors (Lipinski definition) is 3. The van der Waals surface area contributed by atoms with Gasteiger partial charge in [-0.05, 0) is 18.2 Å². The van der Waals surface area contributed by atoms with Crippen LogP contribution in [0.3, 0.4) is 0 Å². The molecule has 0 radical (unpaired) electrons. The lowest BCUT2D eigenvalue weighted by Gasteiger charge is -2.18. The minimum Gasteiger partial charge on any atom is -0.496 e. The molecule has 0 aromatic heterocycles. The molecule has 19 heavy (non-hydrogen) atoms. The van der Waals surface area contributed by atoms with Crippen LogP contribution in [0.1, 0.15) is 22.0 Å². The highest BCUT2D eigenvalue weighted by Crippen LogP contribution is 2.28. The van der Waals surface area contributed by atoms with Crippen LogP contribution >= 0.6 is 0 Å². The lowest BCUT2D eigenvalue weighted by Crippen LogP contribution is -2.34. The molecule has 1 rings (SSSR count). The number of rotatable bonds is 5. The van der Waals surface area contributed by atoms with Crippen LogP contribution in [0.2, 0.25) is 0 Å². The maximum absolute atomic E-state index is 11.4. The van der Waals surface area contributed by atoms with Crippen LogP contribution in [0.25, 0.3) is 0 Å². The summed E-state index contributed by atoms with van der Waals surface area (Å²) in [6, 6.07) is 4.11. The number of carbonyl (C=O) groups is 2. The third kappa shape index (κ3) is 3.21. The largest absolute Gasteiger partial charge is 0.496 e. The zero-order valence-corrected chi connectivity index (χ0v) is 10.5. The van der Waals surface area contributed by atoms with Gasteiger partial charge in [0, 0.05) is 5.56 Å². The zero-order chi connectivity index (χ0) is 14.6. The fourth-order valence-corrected chi connectivity index (χ4v) is 1.54. The van der Waals surface area contributed by atoms with Crippen molar-refractivity contribution in [1.82, 2.24) is 0 Å². The molecule has 1 amide bonds. The Bertz CT molecular complexity index is 487. The molecule has 7 nitrogen and oxygen atoms in total. The van der Waals surface area contributed by atoms with Crippen LogP contribution in [0.15, 0.2) is 18.2 Å². The van der Waals surface area contributed by atoms with E-state index in [2.05, 4.69) is 4.74 Å². The number of esters is 1. The van der Waals surface area contributed by atoms with Gasteiger partial charge in [0.2, 0.25) is 5.91 Å². The molecular weight excluding hydrogens is 254 g/mol. The van der Waals surface area contributed by atoms with Gasteiger partial charge in [0.05, 0.1) is 19.8 Å². The summed E-state index contributed by atoms with van der Waals surface area (Å²) in [5, 5.41) is 19.3. The summed E-state index contributed by atoms with van der Waals surface area (Å²) in [6.07, 6.45) is -3.40. The van der Waals surface area contributed by atoms with E-state index in [4.69, 9.17) is 10.5 Å². The van der Waals surface area contributed by atoms with Crippen LogP contribution in [0.5, 0.6) is 5.75 Å². The number of amides is 1. The first-order chi connectivity index (χ1) is 8.92. The maximum Gasteiger partial charge on any atom is 0.337 e. The molecular formula is C12H15NO6. The van der Waals surface area contributed by atoms with Crippen LogP contribution in [0.4, 0.5) is 0 Å². The standard InChI is InChI=1S/C12H15NO6/c1-18-8-4-3-6(12(17)19-2)5-7(8)9(14)10(15)11(13)16/h3-5,9-10,14-15H,1-2H3,(H2,13,16). The molecule has 1 aromatic carbocycles. The van der Waals surface area contributed by atoms with E-state index in [1.807, 2.05) is 0 Å². The second-order valence-electron chi connectivity index (χ2n) is 3.74. The monoisotopic (exact) mass is 269 g/mol. The summed E-state index contributed by atoms with van der Waals surface area (Å²) < 4.78 is 9.53. The SMILES string of the molecule is COC(=O)c1ccc(OC)c(C(O)C(O)C(N)=O)c1. The molecule has 0 aliphatic rings. The van der Waals surface area contributed by atoms with Gasteiger partial charge in [-0.25, -0.2) is 4.79 Å². The van der Waals surface area contributed by atoms with E-state index in [0.717, 1.165) is 0 Å². The highest BCUT2D eigenvalue weighted by atomic mass is 16.5. The van der Waals surface area contributed by atoms with Crippen molar-refractivity contribution in [2.75, 3.05) is 14.2 Å². The number of benzene rings is 1. The van der Waals surface area contributed by atoms with Crippen molar-refractivity contribution in [3.8, 4) is 5.75 Å². The van der Waals surface area contributed by atoms with Crippen molar-refractivity contribution in [1.29, 1.82) is 0 Å². The van der Waals surface area contributed by atoms with Gasteiger partial charge in [0.15, 0.2) is 6.10 Å². The summed E-state index contributed by atoms with van der Waals surface area (Å²) in [4.78, 5) is 22.3. The summed E-state index contributed by atoms with van der Waals surface area (Å²) in [7, 11) is 2.56. The molecule has 0 saturated heterocycles. The lowest BCUT2D eigenvalue weighted by atomic mass is 10.0. The Kier molecular flexibility index (Phi) is 4.85. The number of aliphatic hydroxyl groups excluding tert-OH is 2. The van der Waals surface area contributed by atoms with Crippen molar-refractivity contribution >= 4 is 11.9 Å². The lowest BCUT2D eigenvalue weighted by molar-refractivity contribution is -0.132. The first kappa shape index (κ1) is 14.9. The summed E-state index contributed by atoms with van der Waals surface area (Å²) >= 11 is 0. The molecule has 4 N–H and O–H groups in total. The number of primary amides is 1. The van der Waals surface area contributed by atoms with E-state index in [1.54, 1.807) is 0 Å². The molecule has 7 heteroatoms. The molecule has 0 heterocycles. The first-order valence-corrected chi connectivity index (χ1v) is 5.34. The van der Waals surface area contributed by atoms with Gasteiger partial charge in [0.1, 0.15) is 11.9 Å². The Morgan fingerprint density at radius 1 is 1.26 bits per heavy atom. The van der Waals surface area contributed by atoms with Gasteiger partial charge < -0.3 is 25.4 Å². The molecule has 0 spiro atoms. The third-order valence-electron chi connectivity index (χ3n) is 2.56. The van der Waals surface area contributed by atoms with Gasteiger partial charge >= 0.3 is 5.97 Å². The van der Waals surface area contributed by atoms with E-state index in [0.29, 0.717) is 0 Å². The maximum atomic E-state index is 11.4. The zero-order valence-electron chi connectivity index (χ0n) is 10.5. The molecule has 2 atom stereocenters. The second-order valence-corrected chi connectivity index (χ2v) is 3.74. The van der Waals surface area contributed by atoms with Crippen molar-refractivity contribution in [2.24, 2.45) is 5.73 Å². The summed E-state index contributed by atoms with van der Waals surface area (Å²) in [6.45, 7) is 0. The average Bonchev–Trinajstić information content (AvgIpc) is 2.43. The Labute approximate surface area is 109 Å². The number of carbonyl (C=O) groups excluding carboxylic acids is 2. The van der Waals surface area contributed by atoms with E-state index >= 15 is 0 Å². The van der Waals surface area contributed by atoms with E-state index < -0.39 is 24.1 Å². The van der Waals surface area contributed by atoms with Crippen molar-refractivity contribution < 1.29 is 29.3 Å². The minimum atomic E-state index is -1.80. The number of ether oxygens (including phenoxy) is 2. The normalized spacial score (nSPS) is 13.5. The molecule has 0 saturated carbocycles. The van der Waals surface area contributed by atoms with Crippen LogP contribution < -0.4 is 10.5 Å². The molecule has 0 aliphatic carbocycles. The number of nitrogens with two attached hydrogens (primary N) is 1. The quantitative estimate of drug-likeness (QED) is 0.612. The van der Waals surface area contributed by atoms with Crippen molar-refractivity contribution in [3.05, 3.63) is 29.3 Å². The Morgan fingerprint density at radius 3 is 2.37 bits per heavy atom. The fraction of sp³-hybridized carbons (Fsp3) is 0.333. The molecule has 0 fully saturated rings. The number of aliphatic hydroxyl groups is 2.